The molecule has 4 rings (SSSR count). The van der Waals surface area contributed by atoms with Gasteiger partial charge in [0.15, 0.2) is 0 Å². The number of carbonyl (C=O) groups excluding carboxylic acids is 2. The summed E-state index contributed by atoms with van der Waals surface area (Å²) in [4.78, 5) is 33.2. The highest BCUT2D eigenvalue weighted by molar-refractivity contribution is 6.33. The van der Waals surface area contributed by atoms with Crippen molar-refractivity contribution < 1.29 is 9.59 Å². The van der Waals surface area contributed by atoms with Crippen molar-refractivity contribution in [3.8, 4) is 0 Å². The number of rotatable bonds is 5. The number of hydrogen-bond acceptors (Lipinski definition) is 3. The topological polar surface area (TPSA) is 47.1 Å². The van der Waals surface area contributed by atoms with Gasteiger partial charge in [-0.05, 0) is 35.7 Å². The number of halogens is 1. The molecule has 2 aliphatic rings. The van der Waals surface area contributed by atoms with Gasteiger partial charge in [0.2, 0.25) is 5.91 Å². The number of hydrogen-bond donors (Lipinski definition) is 0. The Morgan fingerprint density at radius 3 is 2.26 bits per heavy atom. The summed E-state index contributed by atoms with van der Waals surface area (Å²) in [6.07, 6.45) is 0. The Morgan fingerprint density at radius 1 is 0.935 bits per heavy atom. The summed E-state index contributed by atoms with van der Waals surface area (Å²) >= 11 is 6.30. The predicted molar refractivity (Wildman–Crippen MR) is 125 cm³/mol. The third-order valence-corrected chi connectivity index (χ3v) is 6.44. The van der Waals surface area contributed by atoms with Crippen molar-refractivity contribution in [2.45, 2.75) is 19.8 Å². The number of nitrogens with zero attached hydrogens (tertiary/aromatic N) is 4. The zero-order valence-corrected chi connectivity index (χ0v) is 18.9. The van der Waals surface area contributed by atoms with Crippen LogP contribution in [0.5, 0.6) is 0 Å². The van der Waals surface area contributed by atoms with Crippen LogP contribution in [-0.4, -0.2) is 67.6 Å². The van der Waals surface area contributed by atoms with Crippen molar-refractivity contribution in [3.63, 3.8) is 0 Å². The lowest BCUT2D eigenvalue weighted by molar-refractivity contribution is -0.131. The summed E-state index contributed by atoms with van der Waals surface area (Å²) < 4.78 is 0. The van der Waals surface area contributed by atoms with Crippen LogP contribution in [0.25, 0.3) is 0 Å². The van der Waals surface area contributed by atoms with Crippen molar-refractivity contribution in [1.82, 2.24) is 9.80 Å². The van der Waals surface area contributed by atoms with E-state index in [2.05, 4.69) is 30.9 Å². The number of anilines is 2. The van der Waals surface area contributed by atoms with Crippen molar-refractivity contribution in [2.75, 3.05) is 55.6 Å². The molecule has 6 nitrogen and oxygen atoms in total. The monoisotopic (exact) mass is 440 g/mol. The van der Waals surface area contributed by atoms with Crippen LogP contribution in [-0.2, 0) is 4.79 Å². The summed E-state index contributed by atoms with van der Waals surface area (Å²) in [5, 5.41) is 0.728. The number of piperazine rings is 1. The van der Waals surface area contributed by atoms with E-state index in [4.69, 9.17) is 11.6 Å². The average Bonchev–Trinajstić information content (AvgIpc) is 3.14. The van der Waals surface area contributed by atoms with Gasteiger partial charge < -0.3 is 14.7 Å². The minimum absolute atomic E-state index is 0.00386. The molecule has 2 heterocycles. The third kappa shape index (κ3) is 4.64. The lowest BCUT2D eigenvalue weighted by Gasteiger charge is -2.37. The predicted octanol–water partition coefficient (Wildman–Crippen LogP) is 4.05. The van der Waals surface area contributed by atoms with Gasteiger partial charge in [-0.3, -0.25) is 9.69 Å². The number of para-hydroxylation sites is 1. The maximum atomic E-state index is 12.9. The van der Waals surface area contributed by atoms with Gasteiger partial charge in [-0.15, -0.1) is 0 Å². The second-order valence-corrected chi connectivity index (χ2v) is 8.83. The molecule has 31 heavy (non-hydrogen) atoms. The Kier molecular flexibility index (Phi) is 6.37. The maximum Gasteiger partial charge on any atom is 0.325 e. The quantitative estimate of drug-likeness (QED) is 0.704. The van der Waals surface area contributed by atoms with Crippen LogP contribution < -0.4 is 9.80 Å². The Morgan fingerprint density at radius 2 is 1.61 bits per heavy atom. The van der Waals surface area contributed by atoms with Gasteiger partial charge >= 0.3 is 6.03 Å². The minimum atomic E-state index is -0.0969. The van der Waals surface area contributed by atoms with Gasteiger partial charge in [-0.25, -0.2) is 4.79 Å². The Bertz CT molecular complexity index is 939. The molecule has 0 saturated carbocycles. The molecule has 0 bridgehead atoms. The molecule has 0 aromatic heterocycles. The van der Waals surface area contributed by atoms with Crippen molar-refractivity contribution >= 4 is 34.9 Å². The molecular formula is C24H29ClN4O2. The number of carbonyl (C=O) groups is 2. The van der Waals surface area contributed by atoms with Crippen LogP contribution in [0.1, 0.15) is 25.3 Å². The zero-order chi connectivity index (χ0) is 22.0. The van der Waals surface area contributed by atoms with E-state index in [0.717, 1.165) is 29.5 Å². The van der Waals surface area contributed by atoms with Gasteiger partial charge in [-0.1, -0.05) is 49.7 Å². The molecule has 0 atom stereocenters. The maximum absolute atomic E-state index is 12.9. The Hall–Kier alpha value is -2.73. The number of benzene rings is 2. The number of amides is 3. The van der Waals surface area contributed by atoms with E-state index < -0.39 is 0 Å². The fourth-order valence-corrected chi connectivity index (χ4v) is 4.43. The molecule has 2 saturated heterocycles. The smallest absolute Gasteiger partial charge is 0.325 e. The molecule has 0 unspecified atom stereocenters. The van der Waals surface area contributed by atoms with Crippen LogP contribution in [0.4, 0.5) is 16.2 Å². The van der Waals surface area contributed by atoms with Crippen molar-refractivity contribution in [2.24, 2.45) is 0 Å². The minimum Gasteiger partial charge on any atom is -0.367 e. The van der Waals surface area contributed by atoms with Gasteiger partial charge in [-0.2, -0.15) is 0 Å². The molecule has 2 aromatic carbocycles. The lowest BCUT2D eigenvalue weighted by atomic mass is 10.0. The molecule has 7 heteroatoms. The van der Waals surface area contributed by atoms with Crippen LogP contribution in [0.15, 0.2) is 48.5 Å². The molecule has 0 radical (unpaired) electrons. The molecule has 164 valence electrons. The first-order valence-corrected chi connectivity index (χ1v) is 11.3. The zero-order valence-electron chi connectivity index (χ0n) is 18.1. The first-order chi connectivity index (χ1) is 14.9. The second-order valence-electron chi connectivity index (χ2n) is 8.42. The van der Waals surface area contributed by atoms with Gasteiger partial charge in [0.25, 0.3) is 0 Å². The second kappa shape index (κ2) is 9.18. The normalized spacial score (nSPS) is 17.1. The summed E-state index contributed by atoms with van der Waals surface area (Å²) in [5.41, 5.74) is 3.14. The van der Waals surface area contributed by atoms with E-state index in [-0.39, 0.29) is 18.5 Å². The van der Waals surface area contributed by atoms with E-state index in [0.29, 0.717) is 32.1 Å². The average molecular weight is 441 g/mol. The van der Waals surface area contributed by atoms with E-state index in [1.807, 2.05) is 41.3 Å². The van der Waals surface area contributed by atoms with Crippen LogP contribution in [0.3, 0.4) is 0 Å². The molecule has 2 fully saturated rings. The van der Waals surface area contributed by atoms with Gasteiger partial charge in [0.1, 0.15) is 6.54 Å². The van der Waals surface area contributed by atoms with Crippen LogP contribution in [0, 0.1) is 0 Å². The Balaban J connectivity index is 1.31. The molecule has 0 N–H and O–H groups in total. The van der Waals surface area contributed by atoms with Crippen LogP contribution >= 0.6 is 11.6 Å². The van der Waals surface area contributed by atoms with Crippen molar-refractivity contribution in [3.05, 3.63) is 59.1 Å². The molecule has 0 aliphatic carbocycles. The Labute approximate surface area is 189 Å². The van der Waals surface area contributed by atoms with Crippen molar-refractivity contribution in [1.29, 1.82) is 0 Å². The summed E-state index contributed by atoms with van der Waals surface area (Å²) in [6.45, 7) is 8.33. The summed E-state index contributed by atoms with van der Waals surface area (Å²) in [5.74, 6) is 0.458. The molecule has 3 amide bonds. The van der Waals surface area contributed by atoms with E-state index in [1.165, 1.54) is 5.56 Å². The first kappa shape index (κ1) is 21.5. The van der Waals surface area contributed by atoms with Crippen LogP contribution in [0.2, 0.25) is 5.02 Å². The molecular weight excluding hydrogens is 412 g/mol. The van der Waals surface area contributed by atoms with Gasteiger partial charge in [0, 0.05) is 45.0 Å². The molecule has 0 spiro atoms. The largest absolute Gasteiger partial charge is 0.367 e. The van der Waals surface area contributed by atoms with E-state index in [1.54, 1.807) is 9.80 Å². The fourth-order valence-electron chi connectivity index (χ4n) is 4.18. The lowest BCUT2D eigenvalue weighted by Crippen LogP contribution is -2.51. The highest BCUT2D eigenvalue weighted by Crippen LogP contribution is 2.26. The first-order valence-electron chi connectivity index (χ1n) is 10.9. The highest BCUT2D eigenvalue weighted by Gasteiger charge is 2.32. The standard InChI is InChI=1S/C24H29ClN4O2/c1-18(2)19-7-9-20(10-8-19)29-16-15-28(24(29)31)17-23(30)27-13-11-26(12-14-27)22-6-4-3-5-21(22)25/h3-10,18H,11-17H2,1-2H3. The van der Waals surface area contributed by atoms with E-state index >= 15 is 0 Å². The fraction of sp³-hybridized carbons (Fsp3) is 0.417. The molecule has 2 aromatic rings. The molecule has 2 aliphatic heterocycles. The highest BCUT2D eigenvalue weighted by atomic mass is 35.5. The van der Waals surface area contributed by atoms with Gasteiger partial charge in [0.05, 0.1) is 10.7 Å². The SMILES string of the molecule is CC(C)c1ccc(N2CCN(CC(=O)N3CCN(c4ccccc4Cl)CC3)C2=O)cc1. The summed E-state index contributed by atoms with van der Waals surface area (Å²) in [7, 11) is 0. The third-order valence-electron chi connectivity index (χ3n) is 6.12. The van der Waals surface area contributed by atoms with E-state index in [9.17, 15) is 9.59 Å². The summed E-state index contributed by atoms with van der Waals surface area (Å²) in [6, 6.07) is 15.8. The number of urea groups is 1.